The molecule has 20 heavy (non-hydrogen) atoms. The number of ether oxygens (including phenoxy) is 1. The fourth-order valence-corrected chi connectivity index (χ4v) is 2.91. The monoisotopic (exact) mass is 298 g/mol. The van der Waals surface area contributed by atoms with E-state index in [9.17, 15) is 15.0 Å². The van der Waals surface area contributed by atoms with Crippen molar-refractivity contribution in [3.05, 3.63) is 23.0 Å². The molecule has 0 unspecified atom stereocenters. The average Bonchev–Trinajstić information content (AvgIpc) is 2.97. The molecular weight excluding hydrogens is 284 g/mol. The van der Waals surface area contributed by atoms with Crippen LogP contribution in [0.1, 0.15) is 6.23 Å². The van der Waals surface area contributed by atoms with Crippen molar-refractivity contribution in [1.29, 1.82) is 0 Å². The average molecular weight is 298 g/mol. The van der Waals surface area contributed by atoms with Gasteiger partial charge in [0, 0.05) is 5.75 Å². The van der Waals surface area contributed by atoms with E-state index in [1.54, 1.807) is 0 Å². The quantitative estimate of drug-likeness (QED) is 0.673. The van der Waals surface area contributed by atoms with E-state index in [0.717, 1.165) is 0 Å². The second-order valence-electron chi connectivity index (χ2n) is 4.56. The Balaban J connectivity index is 1.99. The van der Waals surface area contributed by atoms with Crippen molar-refractivity contribution in [2.45, 2.75) is 24.5 Å². The highest BCUT2D eigenvalue weighted by molar-refractivity contribution is 7.98. The number of hydrogen-bond acceptors (Lipinski definition) is 7. The largest absolute Gasteiger partial charge is 0.387 e. The van der Waals surface area contributed by atoms with Crippen LogP contribution in [-0.4, -0.2) is 60.1 Å². The summed E-state index contributed by atoms with van der Waals surface area (Å²) < 4.78 is 7.14. The number of hydrogen-bond donors (Lipinski definition) is 3. The Morgan fingerprint density at radius 3 is 3.00 bits per heavy atom. The van der Waals surface area contributed by atoms with Crippen LogP contribution in [0.4, 0.5) is 0 Å². The van der Waals surface area contributed by atoms with Gasteiger partial charge in [-0.15, -0.1) is 0 Å². The predicted molar refractivity (Wildman–Crippen MR) is 72.5 cm³/mol. The molecule has 0 aliphatic carbocycles. The molecule has 4 atom stereocenters. The Morgan fingerprint density at radius 2 is 2.25 bits per heavy atom. The Labute approximate surface area is 117 Å². The number of aromatic nitrogens is 4. The topological polar surface area (TPSA) is 113 Å². The number of nitrogens with zero attached hydrogens (tertiary/aromatic N) is 3. The molecule has 0 bridgehead atoms. The molecule has 0 amide bonds. The maximum atomic E-state index is 11.6. The number of aliphatic hydroxyl groups excluding tert-OH is 2. The first-order valence-corrected chi connectivity index (χ1v) is 7.43. The minimum Gasteiger partial charge on any atom is -0.387 e. The third-order valence-electron chi connectivity index (χ3n) is 3.31. The lowest BCUT2D eigenvalue weighted by Gasteiger charge is -2.16. The van der Waals surface area contributed by atoms with Crippen molar-refractivity contribution < 1.29 is 14.9 Å². The number of imidazole rings is 1. The number of fused-ring (bicyclic) bond motifs is 1. The molecule has 3 heterocycles. The maximum Gasteiger partial charge on any atom is 0.278 e. The highest BCUT2D eigenvalue weighted by atomic mass is 32.2. The van der Waals surface area contributed by atoms with Gasteiger partial charge in [-0.1, -0.05) is 0 Å². The van der Waals surface area contributed by atoms with Crippen LogP contribution in [0, 0.1) is 0 Å². The number of aliphatic hydroxyl groups is 2. The first-order valence-electron chi connectivity index (χ1n) is 6.04. The molecule has 2 aromatic heterocycles. The maximum absolute atomic E-state index is 11.6. The molecule has 3 rings (SSSR count). The lowest BCUT2D eigenvalue weighted by molar-refractivity contribution is -0.0288. The van der Waals surface area contributed by atoms with Crippen molar-refractivity contribution in [3.63, 3.8) is 0 Å². The Hall–Kier alpha value is -1.42. The summed E-state index contributed by atoms with van der Waals surface area (Å²) in [6.45, 7) is 0. The summed E-state index contributed by atoms with van der Waals surface area (Å²) in [5.41, 5.74) is 0.128. The van der Waals surface area contributed by atoms with E-state index in [1.165, 1.54) is 29.0 Å². The summed E-state index contributed by atoms with van der Waals surface area (Å²) in [5.74, 6) is 0.565. The van der Waals surface area contributed by atoms with Crippen LogP contribution < -0.4 is 5.56 Å². The third-order valence-corrected chi connectivity index (χ3v) is 3.97. The number of H-pyrrole nitrogens is 1. The van der Waals surface area contributed by atoms with Crippen LogP contribution >= 0.6 is 11.8 Å². The summed E-state index contributed by atoms with van der Waals surface area (Å²) >= 11 is 1.52. The van der Waals surface area contributed by atoms with Gasteiger partial charge in [-0.3, -0.25) is 9.36 Å². The van der Waals surface area contributed by atoms with Crippen molar-refractivity contribution >= 4 is 22.9 Å². The second-order valence-corrected chi connectivity index (χ2v) is 5.47. The van der Waals surface area contributed by atoms with Gasteiger partial charge in [0.1, 0.15) is 12.2 Å². The van der Waals surface area contributed by atoms with E-state index in [2.05, 4.69) is 15.0 Å². The Morgan fingerprint density at radius 1 is 1.45 bits per heavy atom. The highest BCUT2D eigenvalue weighted by Crippen LogP contribution is 2.31. The molecule has 0 aromatic carbocycles. The molecule has 3 N–H and O–H groups in total. The fraction of sp³-hybridized carbons (Fsp3) is 0.545. The van der Waals surface area contributed by atoms with Crippen molar-refractivity contribution in [2.24, 2.45) is 0 Å². The molecule has 1 aliphatic heterocycles. The fourth-order valence-electron chi connectivity index (χ4n) is 2.31. The Kier molecular flexibility index (Phi) is 3.50. The summed E-state index contributed by atoms with van der Waals surface area (Å²) in [6.07, 6.45) is 1.20. The van der Waals surface area contributed by atoms with E-state index < -0.39 is 24.5 Å². The van der Waals surface area contributed by atoms with Gasteiger partial charge in [0.2, 0.25) is 0 Å². The molecule has 1 aliphatic rings. The number of thioether (sulfide) groups is 1. The van der Waals surface area contributed by atoms with Gasteiger partial charge in [0.05, 0.1) is 18.8 Å². The van der Waals surface area contributed by atoms with E-state index >= 15 is 0 Å². The smallest absolute Gasteiger partial charge is 0.278 e. The van der Waals surface area contributed by atoms with Gasteiger partial charge in [-0.25, -0.2) is 9.97 Å². The van der Waals surface area contributed by atoms with Crippen LogP contribution in [0.5, 0.6) is 0 Å². The lowest BCUT2D eigenvalue weighted by atomic mass is 10.1. The molecule has 9 heteroatoms. The van der Waals surface area contributed by atoms with Gasteiger partial charge in [0.25, 0.3) is 5.56 Å². The van der Waals surface area contributed by atoms with Crippen LogP contribution in [-0.2, 0) is 4.74 Å². The summed E-state index contributed by atoms with van der Waals surface area (Å²) in [7, 11) is 0. The van der Waals surface area contributed by atoms with E-state index in [-0.39, 0.29) is 11.1 Å². The van der Waals surface area contributed by atoms with Crippen LogP contribution in [0.25, 0.3) is 11.2 Å². The first-order chi connectivity index (χ1) is 9.63. The summed E-state index contributed by atoms with van der Waals surface area (Å²) in [4.78, 5) is 22.0. The van der Waals surface area contributed by atoms with Crippen molar-refractivity contribution in [2.75, 3.05) is 12.0 Å². The van der Waals surface area contributed by atoms with Crippen molar-refractivity contribution in [1.82, 2.24) is 19.5 Å². The molecule has 0 saturated carbocycles. The molecule has 8 nitrogen and oxygen atoms in total. The normalized spacial score (nSPS) is 30.1. The zero-order valence-electron chi connectivity index (χ0n) is 10.6. The zero-order chi connectivity index (χ0) is 14.3. The highest BCUT2D eigenvalue weighted by Gasteiger charge is 2.43. The van der Waals surface area contributed by atoms with E-state index in [4.69, 9.17) is 4.74 Å². The molecule has 2 aromatic rings. The van der Waals surface area contributed by atoms with E-state index in [0.29, 0.717) is 11.4 Å². The molecule has 1 saturated heterocycles. The van der Waals surface area contributed by atoms with Gasteiger partial charge in [-0.05, 0) is 6.26 Å². The zero-order valence-corrected chi connectivity index (χ0v) is 11.4. The molecule has 1 fully saturated rings. The minimum absolute atomic E-state index is 0.172. The summed E-state index contributed by atoms with van der Waals surface area (Å²) in [6, 6.07) is 0. The SMILES string of the molecule is CSC[C@@H]1O[C@H](n2cnc3c(=O)[nH]cnc32)[C@H](O)[C@@H]1O. The van der Waals surface area contributed by atoms with Crippen molar-refractivity contribution in [3.8, 4) is 0 Å². The Bertz CT molecular complexity index is 672. The molecule has 108 valence electrons. The van der Waals surface area contributed by atoms with Gasteiger partial charge in [-0.2, -0.15) is 11.8 Å². The van der Waals surface area contributed by atoms with Gasteiger partial charge < -0.3 is 19.9 Å². The van der Waals surface area contributed by atoms with Crippen LogP contribution in [0.15, 0.2) is 17.4 Å². The lowest BCUT2D eigenvalue weighted by Crippen LogP contribution is -2.32. The standard InChI is InChI=1S/C11H14N4O4S/c1-20-2-5-7(16)8(17)11(19-5)15-4-14-6-9(15)12-3-13-10(6)18/h3-5,7-8,11,16-17H,2H2,1H3,(H,12,13,18)/t5-,7+,8+,11-/m0/s1. The third kappa shape index (κ3) is 2.03. The van der Waals surface area contributed by atoms with Gasteiger partial charge >= 0.3 is 0 Å². The predicted octanol–water partition coefficient (Wildman–Crippen LogP) is -0.898. The molecular formula is C11H14N4O4S. The molecule has 0 spiro atoms. The second kappa shape index (κ2) is 5.17. The minimum atomic E-state index is -1.09. The molecule has 0 radical (unpaired) electrons. The number of nitrogens with one attached hydrogen (secondary N) is 1. The van der Waals surface area contributed by atoms with Crippen LogP contribution in [0.2, 0.25) is 0 Å². The summed E-state index contributed by atoms with van der Waals surface area (Å²) in [5, 5.41) is 20.1. The van der Waals surface area contributed by atoms with E-state index in [1.807, 2.05) is 6.26 Å². The van der Waals surface area contributed by atoms with Gasteiger partial charge in [0.15, 0.2) is 17.4 Å². The number of rotatable bonds is 3. The first kappa shape index (κ1) is 13.6. The number of aromatic amines is 1. The van der Waals surface area contributed by atoms with Crippen LogP contribution in [0.3, 0.4) is 0 Å².